The minimum atomic E-state index is -0.553. The number of carbonyl (C=O) groups is 2. The maximum absolute atomic E-state index is 12.6. The van der Waals surface area contributed by atoms with Gasteiger partial charge in [0.2, 0.25) is 5.91 Å². The van der Waals surface area contributed by atoms with E-state index in [-0.39, 0.29) is 11.8 Å². The molecule has 5 nitrogen and oxygen atoms in total. The summed E-state index contributed by atoms with van der Waals surface area (Å²) in [6.07, 6.45) is 3.77. The van der Waals surface area contributed by atoms with E-state index in [1.807, 2.05) is 17.0 Å². The predicted octanol–water partition coefficient (Wildman–Crippen LogP) is 2.72. The fourth-order valence-electron chi connectivity index (χ4n) is 3.27. The lowest BCUT2D eigenvalue weighted by atomic mass is 9.94. The molecule has 0 aliphatic carbocycles. The number of furan rings is 1. The summed E-state index contributed by atoms with van der Waals surface area (Å²) in [5.74, 6) is 0.0362. The van der Waals surface area contributed by atoms with E-state index in [0.717, 1.165) is 13.0 Å². The molecule has 1 aromatic carbocycles. The highest BCUT2D eigenvalue weighted by molar-refractivity contribution is 5.97. The van der Waals surface area contributed by atoms with Crippen molar-refractivity contribution in [1.29, 1.82) is 0 Å². The zero-order chi connectivity index (χ0) is 17.1. The van der Waals surface area contributed by atoms with Crippen molar-refractivity contribution in [1.82, 2.24) is 10.2 Å². The van der Waals surface area contributed by atoms with Crippen LogP contribution in [-0.4, -0.2) is 35.8 Å². The number of hydrogen-bond acceptors (Lipinski definition) is 3. The van der Waals surface area contributed by atoms with Gasteiger partial charge in [-0.15, -0.1) is 0 Å². The fraction of sp³-hybridized carbons (Fsp3) is 0.368. The third-order valence-electron chi connectivity index (χ3n) is 4.63. The Labute approximate surface area is 141 Å². The zero-order valence-corrected chi connectivity index (χ0v) is 14.0. The summed E-state index contributed by atoms with van der Waals surface area (Å²) in [5, 5.41) is 2.73. The predicted molar refractivity (Wildman–Crippen MR) is 90.8 cm³/mol. The van der Waals surface area contributed by atoms with Crippen molar-refractivity contribution >= 4 is 11.8 Å². The normalized spacial score (nSPS) is 18.4. The third-order valence-corrected chi connectivity index (χ3v) is 4.63. The number of carbonyl (C=O) groups excluding carboxylic acids is 2. The molecule has 1 saturated heterocycles. The maximum atomic E-state index is 12.6. The van der Waals surface area contributed by atoms with Crippen molar-refractivity contribution in [3.05, 3.63) is 59.5 Å². The van der Waals surface area contributed by atoms with Gasteiger partial charge in [0.25, 0.3) is 5.91 Å². The molecule has 0 saturated carbocycles. The smallest absolute Gasteiger partial charge is 0.255 e. The lowest BCUT2D eigenvalue weighted by molar-refractivity contribution is -0.131. The molecule has 1 aliphatic rings. The Morgan fingerprint density at radius 2 is 2.08 bits per heavy atom. The molecule has 2 atom stereocenters. The summed E-state index contributed by atoms with van der Waals surface area (Å²) >= 11 is 0. The van der Waals surface area contributed by atoms with Gasteiger partial charge in [-0.25, -0.2) is 0 Å². The quantitative estimate of drug-likeness (QED) is 0.939. The first-order chi connectivity index (χ1) is 11.6. The molecule has 2 amide bonds. The molecule has 0 spiro atoms. The number of benzene rings is 1. The largest absolute Gasteiger partial charge is 0.472 e. The van der Waals surface area contributed by atoms with Gasteiger partial charge < -0.3 is 14.6 Å². The third kappa shape index (κ3) is 3.35. The Morgan fingerprint density at radius 3 is 2.79 bits per heavy atom. The van der Waals surface area contributed by atoms with Gasteiger partial charge in [0.1, 0.15) is 12.3 Å². The number of nitrogens with zero attached hydrogens (tertiary/aromatic N) is 1. The molecule has 2 unspecified atom stereocenters. The van der Waals surface area contributed by atoms with Gasteiger partial charge in [-0.1, -0.05) is 24.3 Å². The molecule has 2 aromatic rings. The van der Waals surface area contributed by atoms with Crippen LogP contribution in [0.3, 0.4) is 0 Å². The summed E-state index contributed by atoms with van der Waals surface area (Å²) < 4.78 is 4.90. The Kier molecular flexibility index (Phi) is 4.69. The van der Waals surface area contributed by atoms with Crippen molar-refractivity contribution < 1.29 is 14.0 Å². The minimum absolute atomic E-state index is 0.0390. The van der Waals surface area contributed by atoms with Crippen LogP contribution in [0.15, 0.2) is 47.3 Å². The Balaban J connectivity index is 1.60. The molecule has 2 heterocycles. The molecule has 1 fully saturated rings. The Hall–Kier alpha value is -2.56. The van der Waals surface area contributed by atoms with Crippen LogP contribution in [0.1, 0.15) is 40.7 Å². The van der Waals surface area contributed by atoms with E-state index in [0.29, 0.717) is 18.0 Å². The highest BCUT2D eigenvalue weighted by Gasteiger charge is 2.31. The highest BCUT2D eigenvalue weighted by atomic mass is 16.3. The average Bonchev–Trinajstić information content (AvgIpc) is 3.26. The first-order valence-corrected chi connectivity index (χ1v) is 8.23. The van der Waals surface area contributed by atoms with Crippen LogP contribution in [0.2, 0.25) is 0 Å². The van der Waals surface area contributed by atoms with E-state index in [4.69, 9.17) is 4.42 Å². The SMILES string of the molecule is Cc1ccccc1C1CCN(C(=O)C(C)NC(=O)c2ccoc2)C1. The van der Waals surface area contributed by atoms with E-state index >= 15 is 0 Å². The summed E-state index contributed by atoms with van der Waals surface area (Å²) in [6.45, 7) is 5.26. The second kappa shape index (κ2) is 6.91. The van der Waals surface area contributed by atoms with Gasteiger partial charge in [0.05, 0.1) is 11.8 Å². The molecular weight excluding hydrogens is 304 g/mol. The van der Waals surface area contributed by atoms with Crippen LogP contribution in [0.25, 0.3) is 0 Å². The second-order valence-electron chi connectivity index (χ2n) is 6.33. The van der Waals surface area contributed by atoms with Crippen LogP contribution >= 0.6 is 0 Å². The van der Waals surface area contributed by atoms with Gasteiger partial charge in [-0.3, -0.25) is 9.59 Å². The fourth-order valence-corrected chi connectivity index (χ4v) is 3.27. The van der Waals surface area contributed by atoms with E-state index in [9.17, 15) is 9.59 Å². The van der Waals surface area contributed by atoms with Gasteiger partial charge in [0.15, 0.2) is 0 Å². The number of hydrogen-bond donors (Lipinski definition) is 1. The van der Waals surface area contributed by atoms with Crippen molar-refractivity contribution in [2.75, 3.05) is 13.1 Å². The van der Waals surface area contributed by atoms with Gasteiger partial charge in [-0.05, 0) is 37.5 Å². The van der Waals surface area contributed by atoms with Crippen LogP contribution in [0.4, 0.5) is 0 Å². The standard InChI is InChI=1S/C19H22N2O3/c1-13-5-3-4-6-17(13)15-7-9-21(11-15)19(23)14(2)20-18(22)16-8-10-24-12-16/h3-6,8,10,12,14-15H,7,9,11H2,1-2H3,(H,20,22). The molecule has 24 heavy (non-hydrogen) atoms. The van der Waals surface area contributed by atoms with Crippen molar-refractivity contribution in [2.45, 2.75) is 32.2 Å². The average molecular weight is 326 g/mol. The lowest BCUT2D eigenvalue weighted by Crippen LogP contribution is -2.46. The molecule has 1 N–H and O–H groups in total. The topological polar surface area (TPSA) is 62.6 Å². The molecule has 3 rings (SSSR count). The van der Waals surface area contributed by atoms with Crippen LogP contribution < -0.4 is 5.32 Å². The van der Waals surface area contributed by atoms with Gasteiger partial charge >= 0.3 is 0 Å². The summed E-state index contributed by atoms with van der Waals surface area (Å²) in [6, 6.07) is 9.34. The van der Waals surface area contributed by atoms with E-state index in [1.54, 1.807) is 13.0 Å². The molecule has 5 heteroatoms. The van der Waals surface area contributed by atoms with Crippen molar-refractivity contribution in [3.8, 4) is 0 Å². The van der Waals surface area contributed by atoms with Gasteiger partial charge in [0, 0.05) is 19.0 Å². The highest BCUT2D eigenvalue weighted by Crippen LogP contribution is 2.29. The van der Waals surface area contributed by atoms with Crippen LogP contribution in [0.5, 0.6) is 0 Å². The first-order valence-electron chi connectivity index (χ1n) is 8.23. The molecule has 0 bridgehead atoms. The minimum Gasteiger partial charge on any atom is -0.472 e. The van der Waals surface area contributed by atoms with Crippen molar-refractivity contribution in [2.24, 2.45) is 0 Å². The molecule has 126 valence electrons. The summed E-state index contributed by atoms with van der Waals surface area (Å²) in [7, 11) is 0. The monoisotopic (exact) mass is 326 g/mol. The first kappa shape index (κ1) is 16.3. The lowest BCUT2D eigenvalue weighted by Gasteiger charge is -2.22. The Morgan fingerprint density at radius 1 is 1.29 bits per heavy atom. The zero-order valence-electron chi connectivity index (χ0n) is 14.0. The van der Waals surface area contributed by atoms with Crippen molar-refractivity contribution in [3.63, 3.8) is 0 Å². The number of amides is 2. The number of nitrogens with one attached hydrogen (secondary N) is 1. The number of likely N-dealkylation sites (tertiary alicyclic amines) is 1. The van der Waals surface area contributed by atoms with E-state index in [1.165, 1.54) is 23.7 Å². The number of aryl methyl sites for hydroxylation is 1. The van der Waals surface area contributed by atoms with Crippen LogP contribution in [-0.2, 0) is 4.79 Å². The molecule has 0 radical (unpaired) electrons. The molecular formula is C19H22N2O3. The molecule has 1 aliphatic heterocycles. The Bertz CT molecular complexity index is 724. The number of rotatable bonds is 4. The van der Waals surface area contributed by atoms with E-state index in [2.05, 4.69) is 24.4 Å². The summed E-state index contributed by atoms with van der Waals surface area (Å²) in [5.41, 5.74) is 3.00. The van der Waals surface area contributed by atoms with Crippen LogP contribution in [0, 0.1) is 6.92 Å². The summed E-state index contributed by atoms with van der Waals surface area (Å²) in [4.78, 5) is 26.5. The maximum Gasteiger partial charge on any atom is 0.255 e. The van der Waals surface area contributed by atoms with E-state index < -0.39 is 6.04 Å². The second-order valence-corrected chi connectivity index (χ2v) is 6.33. The van der Waals surface area contributed by atoms with Gasteiger partial charge in [-0.2, -0.15) is 0 Å². The molecule has 1 aromatic heterocycles.